The van der Waals surface area contributed by atoms with Crippen molar-refractivity contribution in [3.05, 3.63) is 76.9 Å². The minimum absolute atomic E-state index is 0.243. The summed E-state index contributed by atoms with van der Waals surface area (Å²) >= 11 is 0. The van der Waals surface area contributed by atoms with Crippen molar-refractivity contribution in [2.75, 3.05) is 14.2 Å². The number of hydrogen-bond acceptors (Lipinski definition) is 4. The molecule has 0 atom stereocenters. The Bertz CT molecular complexity index is 978. The second-order valence-corrected chi connectivity index (χ2v) is 6.42. The topological polar surface area (TPSA) is 47.8 Å². The van der Waals surface area contributed by atoms with Crippen LogP contribution in [0.4, 0.5) is 4.39 Å². The van der Waals surface area contributed by atoms with Crippen molar-refractivity contribution >= 4 is 6.21 Å². The van der Waals surface area contributed by atoms with Gasteiger partial charge in [-0.2, -0.15) is 5.10 Å². The van der Waals surface area contributed by atoms with Crippen LogP contribution in [0.3, 0.4) is 0 Å². The molecule has 5 nitrogen and oxygen atoms in total. The van der Waals surface area contributed by atoms with Crippen LogP contribution < -0.4 is 14.9 Å². The number of hydrogen-bond donors (Lipinski definition) is 1. The van der Waals surface area contributed by atoms with E-state index in [4.69, 9.17) is 9.47 Å². The SMILES string of the molecule is COc1ccc(CN/N=C\c2cc(C)n(-c3ccc(F)cc3)c2C)cc1OC. The Morgan fingerprint density at radius 2 is 1.71 bits per heavy atom. The fourth-order valence-electron chi connectivity index (χ4n) is 3.15. The Morgan fingerprint density at radius 3 is 2.39 bits per heavy atom. The van der Waals surface area contributed by atoms with Crippen molar-refractivity contribution < 1.29 is 13.9 Å². The van der Waals surface area contributed by atoms with Crippen molar-refractivity contribution in [2.24, 2.45) is 5.10 Å². The monoisotopic (exact) mass is 381 g/mol. The van der Waals surface area contributed by atoms with Crippen LogP contribution in [0.2, 0.25) is 0 Å². The number of aromatic nitrogens is 1. The van der Waals surface area contributed by atoms with Crippen LogP contribution >= 0.6 is 0 Å². The molecule has 3 aromatic rings. The molecule has 1 N–H and O–H groups in total. The molecule has 0 spiro atoms. The van der Waals surface area contributed by atoms with Crippen molar-refractivity contribution in [1.29, 1.82) is 0 Å². The Balaban J connectivity index is 1.70. The number of ether oxygens (including phenoxy) is 2. The van der Waals surface area contributed by atoms with Gasteiger partial charge in [0.05, 0.1) is 27.0 Å². The zero-order valence-electron chi connectivity index (χ0n) is 16.5. The molecule has 0 radical (unpaired) electrons. The molecule has 2 aromatic carbocycles. The first-order valence-electron chi connectivity index (χ1n) is 8.95. The van der Waals surface area contributed by atoms with Crippen LogP contribution in [0.25, 0.3) is 5.69 Å². The van der Waals surface area contributed by atoms with Crippen LogP contribution in [0.15, 0.2) is 53.6 Å². The van der Waals surface area contributed by atoms with Crippen LogP contribution in [0.5, 0.6) is 11.5 Å². The maximum absolute atomic E-state index is 13.2. The second kappa shape index (κ2) is 8.61. The number of nitrogens with zero attached hydrogens (tertiary/aromatic N) is 2. The molecule has 0 aliphatic heterocycles. The van der Waals surface area contributed by atoms with E-state index in [1.54, 1.807) is 32.6 Å². The fourth-order valence-corrected chi connectivity index (χ4v) is 3.15. The average molecular weight is 381 g/mol. The molecule has 0 bridgehead atoms. The van der Waals surface area contributed by atoms with E-state index in [9.17, 15) is 4.39 Å². The molecule has 6 heteroatoms. The van der Waals surface area contributed by atoms with Gasteiger partial charge in [-0.25, -0.2) is 4.39 Å². The van der Waals surface area contributed by atoms with Crippen LogP contribution in [-0.4, -0.2) is 25.0 Å². The highest BCUT2D eigenvalue weighted by Crippen LogP contribution is 2.27. The summed E-state index contributed by atoms with van der Waals surface area (Å²) in [6.45, 7) is 4.60. The summed E-state index contributed by atoms with van der Waals surface area (Å²) in [5, 5.41) is 4.34. The third-order valence-corrected chi connectivity index (χ3v) is 4.58. The lowest BCUT2D eigenvalue weighted by Gasteiger charge is -2.09. The largest absolute Gasteiger partial charge is 0.493 e. The summed E-state index contributed by atoms with van der Waals surface area (Å²) in [5.41, 5.74) is 8.12. The third kappa shape index (κ3) is 4.17. The molecule has 0 aliphatic carbocycles. The summed E-state index contributed by atoms with van der Waals surface area (Å²) in [4.78, 5) is 0. The van der Waals surface area contributed by atoms with E-state index >= 15 is 0 Å². The Morgan fingerprint density at radius 1 is 1.00 bits per heavy atom. The minimum atomic E-state index is -0.243. The van der Waals surface area contributed by atoms with Gasteiger partial charge >= 0.3 is 0 Å². The normalized spacial score (nSPS) is 11.0. The number of aryl methyl sites for hydroxylation is 1. The first kappa shape index (κ1) is 19.5. The molecule has 28 heavy (non-hydrogen) atoms. The average Bonchev–Trinajstić information content (AvgIpc) is 2.99. The quantitative estimate of drug-likeness (QED) is 0.488. The lowest BCUT2D eigenvalue weighted by Crippen LogP contribution is -2.06. The van der Waals surface area contributed by atoms with Crippen LogP contribution in [-0.2, 0) is 6.54 Å². The molecule has 0 fully saturated rings. The Kier molecular flexibility index (Phi) is 5.99. The van der Waals surface area contributed by atoms with Gasteiger partial charge in [0.2, 0.25) is 0 Å². The molecule has 0 unspecified atom stereocenters. The first-order valence-corrected chi connectivity index (χ1v) is 8.95. The van der Waals surface area contributed by atoms with Crippen LogP contribution in [0, 0.1) is 19.7 Å². The van der Waals surface area contributed by atoms with E-state index in [2.05, 4.69) is 21.2 Å². The van der Waals surface area contributed by atoms with Crippen LogP contribution in [0.1, 0.15) is 22.5 Å². The predicted molar refractivity (Wildman–Crippen MR) is 109 cm³/mol. The lowest BCUT2D eigenvalue weighted by atomic mass is 10.2. The zero-order valence-corrected chi connectivity index (χ0v) is 16.5. The van der Waals surface area contributed by atoms with Gasteiger partial charge < -0.3 is 19.5 Å². The highest BCUT2D eigenvalue weighted by Gasteiger charge is 2.09. The van der Waals surface area contributed by atoms with E-state index in [-0.39, 0.29) is 5.82 Å². The van der Waals surface area contributed by atoms with E-state index in [0.29, 0.717) is 18.0 Å². The molecule has 0 saturated heterocycles. The van der Waals surface area contributed by atoms with E-state index < -0.39 is 0 Å². The maximum atomic E-state index is 13.2. The molecule has 1 aromatic heterocycles. The van der Waals surface area contributed by atoms with Gasteiger partial charge in [-0.1, -0.05) is 6.07 Å². The molecule has 0 amide bonds. The molecule has 1 heterocycles. The molecular formula is C22H24FN3O2. The number of halogens is 1. The lowest BCUT2D eigenvalue weighted by molar-refractivity contribution is 0.354. The second-order valence-electron chi connectivity index (χ2n) is 6.42. The number of rotatable bonds is 7. The predicted octanol–water partition coefficient (Wildman–Crippen LogP) is 4.37. The number of hydrazone groups is 1. The first-order chi connectivity index (χ1) is 13.5. The molecule has 146 valence electrons. The summed E-state index contributed by atoms with van der Waals surface area (Å²) in [7, 11) is 3.23. The third-order valence-electron chi connectivity index (χ3n) is 4.58. The van der Waals surface area contributed by atoms with E-state index in [1.807, 2.05) is 32.0 Å². The van der Waals surface area contributed by atoms with Crippen molar-refractivity contribution in [2.45, 2.75) is 20.4 Å². The Hall–Kier alpha value is -3.28. The van der Waals surface area contributed by atoms with Crippen molar-refractivity contribution in [3.63, 3.8) is 0 Å². The Labute approximate surface area is 164 Å². The fraction of sp³-hybridized carbons (Fsp3) is 0.227. The van der Waals surface area contributed by atoms with Gasteiger partial charge in [0, 0.05) is 22.6 Å². The van der Waals surface area contributed by atoms with Gasteiger partial charge in [-0.05, 0) is 61.9 Å². The highest BCUT2D eigenvalue weighted by atomic mass is 19.1. The molecule has 3 rings (SSSR count). The number of nitrogens with one attached hydrogen (secondary N) is 1. The highest BCUT2D eigenvalue weighted by molar-refractivity contribution is 5.82. The zero-order chi connectivity index (χ0) is 20.1. The van der Waals surface area contributed by atoms with E-state index in [1.165, 1.54) is 12.1 Å². The smallest absolute Gasteiger partial charge is 0.161 e. The summed E-state index contributed by atoms with van der Waals surface area (Å²) in [6.07, 6.45) is 1.79. The minimum Gasteiger partial charge on any atom is -0.493 e. The summed E-state index contributed by atoms with van der Waals surface area (Å²) in [5.74, 6) is 1.14. The molecule has 0 saturated carbocycles. The molecule has 0 aliphatic rings. The summed E-state index contributed by atoms with van der Waals surface area (Å²) in [6, 6.07) is 14.3. The summed E-state index contributed by atoms with van der Waals surface area (Å²) < 4.78 is 25.8. The van der Waals surface area contributed by atoms with Crippen molar-refractivity contribution in [3.8, 4) is 17.2 Å². The van der Waals surface area contributed by atoms with Gasteiger partial charge in [0.25, 0.3) is 0 Å². The molecular weight excluding hydrogens is 357 g/mol. The van der Waals surface area contributed by atoms with Gasteiger partial charge in [-0.3, -0.25) is 0 Å². The van der Waals surface area contributed by atoms with Gasteiger partial charge in [0.1, 0.15) is 5.82 Å². The van der Waals surface area contributed by atoms with Gasteiger partial charge in [-0.15, -0.1) is 0 Å². The van der Waals surface area contributed by atoms with Crippen molar-refractivity contribution in [1.82, 2.24) is 9.99 Å². The number of benzene rings is 2. The standard InChI is InChI=1S/C22H24FN3O2/c1-15-11-18(16(2)26(15)20-8-6-19(23)7-9-20)14-25-24-13-17-5-10-21(27-3)22(12-17)28-4/h5-12,14,24H,13H2,1-4H3/b25-14-. The van der Waals surface area contributed by atoms with E-state index in [0.717, 1.165) is 28.2 Å². The maximum Gasteiger partial charge on any atom is 0.161 e. The number of methoxy groups -OCH3 is 2. The van der Waals surface area contributed by atoms with Gasteiger partial charge in [0.15, 0.2) is 11.5 Å².